The van der Waals surface area contributed by atoms with Crippen molar-refractivity contribution in [2.24, 2.45) is 0 Å². The standard InChI is InChI=1S/C20H32N2O4/c1-4-21(5-2)14-9-15-22(16-12-20(24)25-3)19(23)13-17-26-18-10-7-6-8-11-18/h6-8,10-11H,4-5,9,12-17H2,1-3H3. The maximum atomic E-state index is 12.5. The first-order valence-electron chi connectivity index (χ1n) is 9.35. The zero-order chi connectivity index (χ0) is 19.2. The second-order valence-corrected chi connectivity index (χ2v) is 6.00. The summed E-state index contributed by atoms with van der Waals surface area (Å²) in [7, 11) is 1.36. The molecule has 0 N–H and O–H groups in total. The number of benzene rings is 1. The Hall–Kier alpha value is -2.08. The normalized spacial score (nSPS) is 10.6. The Morgan fingerprint density at radius 3 is 2.27 bits per heavy atom. The van der Waals surface area contributed by atoms with Gasteiger partial charge in [-0.3, -0.25) is 9.59 Å². The van der Waals surface area contributed by atoms with Crippen molar-refractivity contribution in [3.8, 4) is 5.75 Å². The first kappa shape index (κ1) is 22.0. The molecule has 0 radical (unpaired) electrons. The highest BCUT2D eigenvalue weighted by Gasteiger charge is 2.15. The third-order valence-corrected chi connectivity index (χ3v) is 4.29. The van der Waals surface area contributed by atoms with Gasteiger partial charge in [-0.05, 0) is 38.2 Å². The summed E-state index contributed by atoms with van der Waals surface area (Å²) in [5.41, 5.74) is 0. The van der Waals surface area contributed by atoms with Gasteiger partial charge in [0.15, 0.2) is 0 Å². The van der Waals surface area contributed by atoms with E-state index in [1.807, 2.05) is 30.3 Å². The molecule has 1 aromatic carbocycles. The van der Waals surface area contributed by atoms with Crippen molar-refractivity contribution in [3.63, 3.8) is 0 Å². The van der Waals surface area contributed by atoms with Gasteiger partial charge in [-0.25, -0.2) is 0 Å². The molecule has 0 atom stereocenters. The Labute approximate surface area is 157 Å². The van der Waals surface area contributed by atoms with E-state index in [0.717, 1.165) is 31.8 Å². The molecule has 6 heteroatoms. The van der Waals surface area contributed by atoms with Crippen LogP contribution in [0.3, 0.4) is 0 Å². The van der Waals surface area contributed by atoms with Crippen LogP contribution in [-0.2, 0) is 14.3 Å². The zero-order valence-corrected chi connectivity index (χ0v) is 16.3. The van der Waals surface area contributed by atoms with E-state index in [2.05, 4.69) is 23.5 Å². The highest BCUT2D eigenvalue weighted by atomic mass is 16.5. The maximum absolute atomic E-state index is 12.5. The lowest BCUT2D eigenvalue weighted by Crippen LogP contribution is -2.36. The smallest absolute Gasteiger partial charge is 0.307 e. The van der Waals surface area contributed by atoms with Gasteiger partial charge in [0.25, 0.3) is 0 Å². The van der Waals surface area contributed by atoms with Crippen LogP contribution < -0.4 is 4.74 Å². The molecule has 1 aromatic rings. The largest absolute Gasteiger partial charge is 0.493 e. The quantitative estimate of drug-likeness (QED) is 0.504. The Balaban J connectivity index is 2.46. The maximum Gasteiger partial charge on any atom is 0.307 e. The summed E-state index contributed by atoms with van der Waals surface area (Å²) in [6.45, 7) is 8.54. The Morgan fingerprint density at radius 2 is 1.65 bits per heavy atom. The van der Waals surface area contributed by atoms with Crippen LogP contribution in [0.5, 0.6) is 5.75 Å². The second kappa shape index (κ2) is 13.2. The molecule has 0 unspecified atom stereocenters. The number of hydrogen-bond acceptors (Lipinski definition) is 5. The van der Waals surface area contributed by atoms with Crippen molar-refractivity contribution in [3.05, 3.63) is 30.3 Å². The molecule has 0 aromatic heterocycles. The second-order valence-electron chi connectivity index (χ2n) is 6.00. The molecule has 6 nitrogen and oxygen atoms in total. The van der Waals surface area contributed by atoms with E-state index in [1.54, 1.807) is 4.90 Å². The number of ether oxygens (including phenoxy) is 2. The van der Waals surface area contributed by atoms with E-state index in [1.165, 1.54) is 7.11 Å². The molecular weight excluding hydrogens is 332 g/mol. The molecule has 0 heterocycles. The molecule has 0 aliphatic rings. The number of carbonyl (C=O) groups excluding carboxylic acids is 2. The van der Waals surface area contributed by atoms with Crippen molar-refractivity contribution >= 4 is 11.9 Å². The molecule has 0 saturated heterocycles. The van der Waals surface area contributed by atoms with E-state index >= 15 is 0 Å². The first-order chi connectivity index (χ1) is 12.6. The summed E-state index contributed by atoms with van der Waals surface area (Å²) in [6, 6.07) is 9.44. The summed E-state index contributed by atoms with van der Waals surface area (Å²) in [6.07, 6.45) is 1.39. The lowest BCUT2D eigenvalue weighted by Gasteiger charge is -2.24. The number of rotatable bonds is 13. The van der Waals surface area contributed by atoms with Gasteiger partial charge in [-0.2, -0.15) is 0 Å². The van der Waals surface area contributed by atoms with Crippen LogP contribution in [0.1, 0.15) is 33.1 Å². The molecule has 0 aliphatic heterocycles. The summed E-state index contributed by atoms with van der Waals surface area (Å²) in [5.74, 6) is 0.458. The monoisotopic (exact) mass is 364 g/mol. The lowest BCUT2D eigenvalue weighted by atomic mass is 10.2. The summed E-state index contributed by atoms with van der Waals surface area (Å²) < 4.78 is 10.3. The molecule has 146 valence electrons. The minimum Gasteiger partial charge on any atom is -0.493 e. The molecule has 1 amide bonds. The van der Waals surface area contributed by atoms with Crippen LogP contribution in [-0.4, -0.2) is 68.1 Å². The Bertz CT molecular complexity index is 518. The van der Waals surface area contributed by atoms with E-state index < -0.39 is 0 Å². The number of amides is 1. The average molecular weight is 364 g/mol. The van der Waals surface area contributed by atoms with Crippen LogP contribution in [0, 0.1) is 0 Å². The minimum absolute atomic E-state index is 0.00406. The van der Waals surface area contributed by atoms with Crippen molar-refractivity contribution in [1.82, 2.24) is 9.80 Å². The third kappa shape index (κ3) is 8.85. The summed E-state index contributed by atoms with van der Waals surface area (Å²) in [4.78, 5) is 28.0. The lowest BCUT2D eigenvalue weighted by molar-refractivity contribution is -0.141. The summed E-state index contributed by atoms with van der Waals surface area (Å²) in [5, 5.41) is 0. The molecular formula is C20H32N2O4. The SMILES string of the molecule is CCN(CC)CCCN(CCC(=O)OC)C(=O)CCOc1ccccc1. The van der Waals surface area contributed by atoms with Gasteiger partial charge in [-0.1, -0.05) is 32.0 Å². The fraction of sp³-hybridized carbons (Fsp3) is 0.600. The third-order valence-electron chi connectivity index (χ3n) is 4.29. The van der Waals surface area contributed by atoms with Gasteiger partial charge in [-0.15, -0.1) is 0 Å². The highest BCUT2D eigenvalue weighted by molar-refractivity contribution is 5.77. The number of nitrogens with zero attached hydrogens (tertiary/aromatic N) is 2. The molecule has 0 aliphatic carbocycles. The van der Waals surface area contributed by atoms with Crippen molar-refractivity contribution in [1.29, 1.82) is 0 Å². The Morgan fingerprint density at radius 1 is 0.962 bits per heavy atom. The average Bonchev–Trinajstić information content (AvgIpc) is 2.68. The van der Waals surface area contributed by atoms with Gasteiger partial charge in [0.2, 0.25) is 5.91 Å². The van der Waals surface area contributed by atoms with Crippen molar-refractivity contribution < 1.29 is 19.1 Å². The fourth-order valence-corrected chi connectivity index (χ4v) is 2.65. The first-order valence-corrected chi connectivity index (χ1v) is 9.35. The van der Waals surface area contributed by atoms with Gasteiger partial charge >= 0.3 is 5.97 Å². The van der Waals surface area contributed by atoms with Gasteiger partial charge in [0, 0.05) is 13.1 Å². The van der Waals surface area contributed by atoms with Crippen LogP contribution in [0.25, 0.3) is 0 Å². The van der Waals surface area contributed by atoms with Gasteiger partial charge in [0.1, 0.15) is 5.75 Å². The number of esters is 1. The van der Waals surface area contributed by atoms with Crippen LogP contribution in [0.4, 0.5) is 0 Å². The zero-order valence-electron chi connectivity index (χ0n) is 16.3. The van der Waals surface area contributed by atoms with E-state index in [9.17, 15) is 9.59 Å². The fourth-order valence-electron chi connectivity index (χ4n) is 2.65. The number of carbonyl (C=O) groups is 2. The highest BCUT2D eigenvalue weighted by Crippen LogP contribution is 2.09. The van der Waals surface area contributed by atoms with Crippen molar-refractivity contribution in [2.75, 3.05) is 46.4 Å². The topological polar surface area (TPSA) is 59.1 Å². The predicted molar refractivity (Wildman–Crippen MR) is 102 cm³/mol. The molecule has 0 fully saturated rings. The predicted octanol–water partition coefficient (Wildman–Crippen LogP) is 2.58. The van der Waals surface area contributed by atoms with Crippen LogP contribution in [0.15, 0.2) is 30.3 Å². The van der Waals surface area contributed by atoms with E-state index in [0.29, 0.717) is 26.1 Å². The van der Waals surface area contributed by atoms with E-state index in [4.69, 9.17) is 4.74 Å². The molecule has 0 spiro atoms. The molecule has 1 rings (SSSR count). The van der Waals surface area contributed by atoms with Gasteiger partial charge < -0.3 is 19.3 Å². The molecule has 0 saturated carbocycles. The molecule has 26 heavy (non-hydrogen) atoms. The summed E-state index contributed by atoms with van der Waals surface area (Å²) >= 11 is 0. The number of para-hydroxylation sites is 1. The number of hydrogen-bond donors (Lipinski definition) is 0. The van der Waals surface area contributed by atoms with E-state index in [-0.39, 0.29) is 18.3 Å². The molecule has 0 bridgehead atoms. The van der Waals surface area contributed by atoms with Crippen LogP contribution in [0.2, 0.25) is 0 Å². The Kier molecular flexibility index (Phi) is 11.1. The van der Waals surface area contributed by atoms with Crippen molar-refractivity contribution in [2.45, 2.75) is 33.1 Å². The number of methoxy groups -OCH3 is 1. The minimum atomic E-state index is -0.299. The van der Waals surface area contributed by atoms with Crippen LogP contribution >= 0.6 is 0 Å². The van der Waals surface area contributed by atoms with Gasteiger partial charge in [0.05, 0.1) is 26.6 Å².